The first-order chi connectivity index (χ1) is 13.3. The topological polar surface area (TPSA) is 57.7 Å². The predicted octanol–water partition coefficient (Wildman–Crippen LogP) is 2.59. The zero-order valence-electron chi connectivity index (χ0n) is 14.7. The number of halogens is 3. The molecule has 28 heavy (non-hydrogen) atoms. The molecule has 0 spiro atoms. The van der Waals surface area contributed by atoms with Crippen molar-refractivity contribution in [3.05, 3.63) is 42.5 Å². The van der Waals surface area contributed by atoms with Crippen LogP contribution in [0.5, 0.6) is 0 Å². The Kier molecular flexibility index (Phi) is 3.54. The van der Waals surface area contributed by atoms with Gasteiger partial charge in [-0.2, -0.15) is 13.2 Å². The van der Waals surface area contributed by atoms with Crippen molar-refractivity contribution in [3.63, 3.8) is 0 Å². The lowest BCUT2D eigenvalue weighted by molar-refractivity contribution is -0.171. The summed E-state index contributed by atoms with van der Waals surface area (Å²) in [5.74, 6) is -3.29. The zero-order chi connectivity index (χ0) is 19.8. The molecule has 1 heterocycles. The minimum Gasteiger partial charge on any atom is -0.286 e. The van der Waals surface area contributed by atoms with Crippen LogP contribution in [0.2, 0.25) is 0 Å². The summed E-state index contributed by atoms with van der Waals surface area (Å²) in [4.78, 5) is 39.3. The zero-order valence-corrected chi connectivity index (χ0v) is 14.7. The van der Waals surface area contributed by atoms with Gasteiger partial charge < -0.3 is 0 Å². The summed E-state index contributed by atoms with van der Waals surface area (Å²) in [7, 11) is 0. The first-order valence-corrected chi connectivity index (χ1v) is 9.26. The molecule has 3 fully saturated rings. The molecule has 6 atom stereocenters. The van der Waals surface area contributed by atoms with Crippen LogP contribution >= 0.6 is 0 Å². The lowest BCUT2D eigenvalue weighted by Crippen LogP contribution is -2.49. The van der Waals surface area contributed by atoms with E-state index in [0.717, 1.165) is 11.3 Å². The summed E-state index contributed by atoms with van der Waals surface area (Å²) in [6.45, 7) is -0.720. The number of allylic oxidation sites excluding steroid dienone is 2. The number of rotatable bonds is 3. The minimum absolute atomic E-state index is 0.00996. The van der Waals surface area contributed by atoms with Crippen molar-refractivity contribution < 1.29 is 27.6 Å². The molecule has 2 bridgehead atoms. The van der Waals surface area contributed by atoms with Gasteiger partial charge in [0.2, 0.25) is 11.8 Å². The van der Waals surface area contributed by atoms with Crippen LogP contribution in [0.3, 0.4) is 0 Å². The van der Waals surface area contributed by atoms with Crippen molar-refractivity contribution in [1.29, 1.82) is 0 Å². The molecule has 2 saturated carbocycles. The molecule has 5 nitrogen and oxygen atoms in total. The lowest BCUT2D eigenvalue weighted by Gasteiger charge is -2.37. The number of benzene rings is 1. The van der Waals surface area contributed by atoms with Gasteiger partial charge in [-0.25, -0.2) is 0 Å². The van der Waals surface area contributed by atoms with Crippen molar-refractivity contribution in [2.75, 3.05) is 11.6 Å². The van der Waals surface area contributed by atoms with Crippen molar-refractivity contribution in [1.82, 2.24) is 4.90 Å². The first kappa shape index (κ1) is 17.5. The Morgan fingerprint density at radius 3 is 2.04 bits per heavy atom. The molecule has 0 radical (unpaired) electrons. The van der Waals surface area contributed by atoms with Gasteiger partial charge in [-0.15, -0.1) is 0 Å². The van der Waals surface area contributed by atoms with Crippen LogP contribution in [0, 0.1) is 35.5 Å². The van der Waals surface area contributed by atoms with E-state index >= 15 is 0 Å². The first-order valence-electron chi connectivity index (χ1n) is 9.26. The lowest BCUT2D eigenvalue weighted by atomic mass is 9.63. The molecule has 5 aliphatic rings. The molecule has 6 rings (SSSR count). The fourth-order valence-corrected chi connectivity index (χ4v) is 5.32. The second kappa shape index (κ2) is 5.68. The minimum atomic E-state index is -5.11. The molecule has 0 N–H and O–H groups in total. The summed E-state index contributed by atoms with van der Waals surface area (Å²) in [5.41, 5.74) is -0.00996. The molecule has 0 unspecified atom stereocenters. The van der Waals surface area contributed by atoms with E-state index in [9.17, 15) is 27.6 Å². The van der Waals surface area contributed by atoms with Gasteiger partial charge in [0.25, 0.3) is 0 Å². The number of alkyl halides is 3. The largest absolute Gasteiger partial charge is 0.471 e. The number of imide groups is 1. The number of carbonyl (C=O) groups is 3. The van der Waals surface area contributed by atoms with Crippen LogP contribution in [0.4, 0.5) is 18.9 Å². The highest BCUT2D eigenvalue weighted by molar-refractivity contribution is 6.07. The second-order valence-electron chi connectivity index (χ2n) is 7.97. The maximum atomic E-state index is 13.2. The number of para-hydroxylation sites is 1. The van der Waals surface area contributed by atoms with Gasteiger partial charge in [0.05, 0.1) is 11.8 Å². The average Bonchev–Trinajstić information content (AvgIpc) is 3.45. The molecular formula is C20H17F3N2O3. The molecular weight excluding hydrogens is 373 g/mol. The Balaban J connectivity index is 1.46. The number of hydrogen-bond donors (Lipinski definition) is 0. The van der Waals surface area contributed by atoms with E-state index in [1.165, 1.54) is 24.3 Å². The molecule has 1 aliphatic heterocycles. The van der Waals surface area contributed by atoms with E-state index in [1.54, 1.807) is 6.07 Å². The van der Waals surface area contributed by atoms with E-state index in [1.807, 2.05) is 12.2 Å². The van der Waals surface area contributed by atoms with Crippen molar-refractivity contribution in [3.8, 4) is 0 Å². The van der Waals surface area contributed by atoms with Crippen LogP contribution in [-0.2, 0) is 14.4 Å². The number of likely N-dealkylation sites (tertiary alicyclic amines) is 1. The van der Waals surface area contributed by atoms with Crippen LogP contribution in [0.1, 0.15) is 6.42 Å². The number of nitrogens with zero attached hydrogens (tertiary/aromatic N) is 2. The third kappa shape index (κ3) is 2.36. The van der Waals surface area contributed by atoms with Gasteiger partial charge in [0.1, 0.15) is 6.67 Å². The summed E-state index contributed by atoms with van der Waals surface area (Å²) >= 11 is 0. The van der Waals surface area contributed by atoms with Crippen molar-refractivity contribution in [2.45, 2.75) is 12.6 Å². The van der Waals surface area contributed by atoms with Crippen LogP contribution in [0.25, 0.3) is 0 Å². The summed E-state index contributed by atoms with van der Waals surface area (Å²) in [5, 5.41) is 0. The number of hydrogen-bond acceptors (Lipinski definition) is 3. The van der Waals surface area contributed by atoms with Gasteiger partial charge in [0, 0.05) is 5.69 Å². The standard InChI is InChI=1S/C20H17F3N2O3/c21-20(22,23)19(28)24(10-4-2-1-3-5-10)9-25-17(26)15-11-6-7-12(14-8-13(11)14)16(15)18(25)27/h1-7,11-16H,8-9H2/t11-,12-,13-,14+,15+,16+/m1/s1. The van der Waals surface area contributed by atoms with E-state index in [-0.39, 0.29) is 17.5 Å². The molecule has 0 aromatic heterocycles. The molecule has 1 saturated heterocycles. The fourth-order valence-electron chi connectivity index (χ4n) is 5.32. The maximum absolute atomic E-state index is 13.2. The highest BCUT2D eigenvalue weighted by Gasteiger charge is 2.67. The Morgan fingerprint density at radius 1 is 1.00 bits per heavy atom. The van der Waals surface area contributed by atoms with Crippen molar-refractivity contribution in [2.24, 2.45) is 35.5 Å². The number of carbonyl (C=O) groups excluding carboxylic acids is 3. The summed E-state index contributed by atoms with van der Waals surface area (Å²) in [6, 6.07) is 7.30. The van der Waals surface area contributed by atoms with Crippen LogP contribution in [0.15, 0.2) is 42.5 Å². The Bertz CT molecular complexity index is 862. The Hall–Kier alpha value is -2.64. The number of amides is 3. The summed E-state index contributed by atoms with van der Waals surface area (Å²) < 4.78 is 39.5. The molecule has 1 aromatic carbocycles. The summed E-state index contributed by atoms with van der Waals surface area (Å²) in [6.07, 6.45) is -0.135. The smallest absolute Gasteiger partial charge is 0.286 e. The Labute approximate surface area is 158 Å². The molecule has 1 aromatic rings. The van der Waals surface area contributed by atoms with Gasteiger partial charge in [0.15, 0.2) is 0 Å². The third-order valence-electron chi connectivity index (χ3n) is 6.59. The SMILES string of the molecule is O=C1[C@H]2[C@@H]3C=C[C@H]([C@@H]4C[C@H]34)[C@@H]2C(=O)N1CN(C(=O)C(F)(F)F)c1ccccc1. The monoisotopic (exact) mass is 390 g/mol. The quantitative estimate of drug-likeness (QED) is 0.589. The predicted molar refractivity (Wildman–Crippen MR) is 91.4 cm³/mol. The van der Waals surface area contributed by atoms with Gasteiger partial charge in [-0.1, -0.05) is 30.4 Å². The normalized spacial score (nSPS) is 35.0. The fraction of sp³-hybridized carbons (Fsp3) is 0.450. The molecule has 3 amide bonds. The van der Waals surface area contributed by atoms with Crippen LogP contribution in [-0.4, -0.2) is 35.5 Å². The van der Waals surface area contributed by atoms with Gasteiger partial charge in [-0.3, -0.25) is 24.2 Å². The molecule has 4 aliphatic carbocycles. The average molecular weight is 390 g/mol. The van der Waals surface area contributed by atoms with Crippen LogP contribution < -0.4 is 4.90 Å². The second-order valence-corrected chi connectivity index (χ2v) is 7.97. The van der Waals surface area contributed by atoms with Gasteiger partial charge in [-0.05, 0) is 42.2 Å². The van der Waals surface area contributed by atoms with E-state index < -0.39 is 42.4 Å². The highest BCUT2D eigenvalue weighted by Crippen LogP contribution is 2.65. The maximum Gasteiger partial charge on any atom is 0.471 e. The highest BCUT2D eigenvalue weighted by atomic mass is 19.4. The van der Waals surface area contributed by atoms with Crippen molar-refractivity contribution >= 4 is 23.4 Å². The number of anilines is 1. The third-order valence-corrected chi connectivity index (χ3v) is 6.59. The molecule has 146 valence electrons. The van der Waals surface area contributed by atoms with E-state index in [0.29, 0.717) is 16.7 Å². The van der Waals surface area contributed by atoms with E-state index in [2.05, 4.69) is 0 Å². The Morgan fingerprint density at radius 2 is 1.54 bits per heavy atom. The van der Waals surface area contributed by atoms with Gasteiger partial charge >= 0.3 is 12.1 Å². The molecule has 8 heteroatoms. The van der Waals surface area contributed by atoms with E-state index in [4.69, 9.17) is 0 Å².